The normalized spacial score (nSPS) is 0.600. The molecule has 0 N–H and O–H groups in total. The van der Waals surface area contributed by atoms with Crippen molar-refractivity contribution in [1.82, 2.24) is 0 Å². The molecule has 0 rings (SSSR count). The number of hydrogen-bond acceptors (Lipinski definition) is 1. The van der Waals surface area contributed by atoms with E-state index in [0.717, 1.165) is 0 Å². The molecule has 0 spiro atoms. The SMILES string of the molecule is [Fe].[H-].[H-].[Mg+2].[O]=[Nb].[PbH2]. The average molecular weight is 400 g/mol. The first-order valence-corrected chi connectivity index (χ1v) is 1.08. The minimum absolute atomic E-state index is 0. The monoisotopic (exact) mass is 401 g/mol. The molecule has 0 aromatic rings. The van der Waals surface area contributed by atoms with Gasteiger partial charge in [0.1, 0.15) is 0 Å². The van der Waals surface area contributed by atoms with E-state index in [1.165, 1.54) is 0 Å². The fourth-order valence-electron chi connectivity index (χ4n) is 0. The van der Waals surface area contributed by atoms with Crippen LogP contribution in [0.1, 0.15) is 2.85 Å². The fraction of sp³-hybridized carbons (Fsp3) is 0. The summed E-state index contributed by atoms with van der Waals surface area (Å²) in [6.45, 7) is 0. The summed E-state index contributed by atoms with van der Waals surface area (Å²) in [7, 11) is 0. The zero-order chi connectivity index (χ0) is 2.00. The van der Waals surface area contributed by atoms with E-state index in [0.29, 0.717) is 21.0 Å². The quantitative estimate of drug-likeness (QED) is 0.468. The van der Waals surface area contributed by atoms with E-state index in [9.17, 15) is 0 Å². The van der Waals surface area contributed by atoms with Crippen molar-refractivity contribution in [2.24, 2.45) is 0 Å². The van der Waals surface area contributed by atoms with Gasteiger partial charge in [-0.15, -0.1) is 0 Å². The average Bonchev–Trinajstić information content (AvgIpc) is 1.00. The molecule has 0 aromatic heterocycles. The molecular formula is H4FeMgNbOPb. The Morgan fingerprint density at radius 2 is 1.40 bits per heavy atom. The Labute approximate surface area is 93.0 Å². The van der Waals surface area contributed by atoms with E-state index in [-0.39, 0.29) is 70.3 Å². The van der Waals surface area contributed by atoms with Crippen molar-refractivity contribution < 1.29 is 44.2 Å². The molecule has 2 radical (unpaired) electrons. The summed E-state index contributed by atoms with van der Waals surface area (Å²) in [6.07, 6.45) is 0. The van der Waals surface area contributed by atoms with Crippen molar-refractivity contribution in [3.8, 4) is 0 Å². The summed E-state index contributed by atoms with van der Waals surface area (Å²) in [5.74, 6) is 0. The molecular weight excluding hydrogens is 396 g/mol. The van der Waals surface area contributed by atoms with E-state index in [2.05, 4.69) is 0 Å². The van der Waals surface area contributed by atoms with Gasteiger partial charge in [-0.3, -0.25) is 0 Å². The van der Waals surface area contributed by atoms with Crippen molar-refractivity contribution in [3.05, 3.63) is 0 Å². The summed E-state index contributed by atoms with van der Waals surface area (Å²) in [5.41, 5.74) is 0. The van der Waals surface area contributed by atoms with Crippen molar-refractivity contribution in [1.29, 1.82) is 0 Å². The molecule has 29 valence electrons. The first-order valence-electron chi connectivity index (χ1n) is 0.183. The molecule has 1 nitrogen and oxygen atoms in total. The molecule has 0 fully saturated rings. The van der Waals surface area contributed by atoms with Gasteiger partial charge in [0, 0.05) is 17.1 Å². The van der Waals surface area contributed by atoms with Gasteiger partial charge < -0.3 is 2.85 Å². The van der Waals surface area contributed by atoms with Gasteiger partial charge in [0.25, 0.3) is 0 Å². The van der Waals surface area contributed by atoms with Crippen LogP contribution in [0.5, 0.6) is 0 Å². The summed E-state index contributed by atoms with van der Waals surface area (Å²) in [5, 5.41) is 0. The third-order valence-corrected chi connectivity index (χ3v) is 0. The Balaban J connectivity index is -0.000000000500. The molecule has 0 aliphatic rings. The third-order valence-electron chi connectivity index (χ3n) is 0. The molecule has 0 amide bonds. The van der Waals surface area contributed by atoms with E-state index < -0.39 is 0 Å². The molecule has 0 unspecified atom stereocenters. The second-order valence-corrected chi connectivity index (χ2v) is 0. The van der Waals surface area contributed by atoms with Crippen LogP contribution in [-0.4, -0.2) is 50.4 Å². The van der Waals surface area contributed by atoms with Gasteiger partial charge in [-0.05, 0) is 0 Å². The maximum absolute atomic E-state index is 8.30. The Morgan fingerprint density at radius 3 is 1.40 bits per heavy atom. The van der Waals surface area contributed by atoms with Crippen LogP contribution in [0.25, 0.3) is 0 Å². The number of rotatable bonds is 0. The third kappa shape index (κ3) is 20.1. The predicted octanol–water partition coefficient (Wildman–Crippen LogP) is -1.20. The molecule has 0 atom stereocenters. The molecule has 5 heteroatoms. The summed E-state index contributed by atoms with van der Waals surface area (Å²) in [4.78, 5) is 0. The number of hydrogen-bond donors (Lipinski definition) is 0. The van der Waals surface area contributed by atoms with Gasteiger partial charge in [-0.25, -0.2) is 0 Å². The standard InChI is InChI=1S/Fe.Mg.Nb.O.Pb.4H/q;+2;;;;;;2*-1. The predicted molar refractivity (Wildman–Crippen MR) is 17.2 cm³/mol. The molecule has 0 saturated heterocycles. The molecule has 0 aromatic carbocycles. The molecule has 0 heterocycles. The van der Waals surface area contributed by atoms with Gasteiger partial charge in [0.15, 0.2) is 0 Å². The molecule has 0 aliphatic heterocycles. The van der Waals surface area contributed by atoms with Crippen LogP contribution in [0.3, 0.4) is 0 Å². The van der Waals surface area contributed by atoms with Crippen molar-refractivity contribution in [2.75, 3.05) is 0 Å². The van der Waals surface area contributed by atoms with Gasteiger partial charge in [-0.2, -0.15) is 0 Å². The topological polar surface area (TPSA) is 17.1 Å². The molecule has 0 saturated carbocycles. The first kappa shape index (κ1) is 25.1. The second kappa shape index (κ2) is 29.5. The van der Waals surface area contributed by atoms with Gasteiger partial charge in [-0.1, -0.05) is 0 Å². The van der Waals surface area contributed by atoms with Crippen molar-refractivity contribution in [2.45, 2.75) is 0 Å². The summed E-state index contributed by atoms with van der Waals surface area (Å²) >= 11 is 0.500. The Kier molecular flexibility index (Phi) is 148. The fourth-order valence-corrected chi connectivity index (χ4v) is 0. The van der Waals surface area contributed by atoms with Crippen LogP contribution in [0.15, 0.2) is 0 Å². The Morgan fingerprint density at radius 1 is 1.40 bits per heavy atom. The minimum atomic E-state index is 0. The molecule has 0 aliphatic carbocycles. The molecule has 0 bridgehead atoms. The first-order chi connectivity index (χ1) is 1.00. The van der Waals surface area contributed by atoms with E-state index in [1.807, 2.05) is 0 Å². The Bertz CT molecular complexity index is 17.7. The maximum atomic E-state index is 8.30. The summed E-state index contributed by atoms with van der Waals surface area (Å²) in [6, 6.07) is 0. The second-order valence-electron chi connectivity index (χ2n) is 0. The van der Waals surface area contributed by atoms with Crippen molar-refractivity contribution in [3.63, 3.8) is 0 Å². The van der Waals surface area contributed by atoms with Gasteiger partial charge in [0.05, 0.1) is 0 Å². The van der Waals surface area contributed by atoms with Crippen LogP contribution in [0.2, 0.25) is 0 Å². The van der Waals surface area contributed by atoms with E-state index in [4.69, 9.17) is 3.25 Å². The Hall–Kier alpha value is 2.75. The van der Waals surface area contributed by atoms with Crippen LogP contribution in [0.4, 0.5) is 0 Å². The van der Waals surface area contributed by atoms with E-state index in [1.54, 1.807) is 0 Å². The van der Waals surface area contributed by atoms with Crippen LogP contribution in [-0.2, 0) is 41.4 Å². The van der Waals surface area contributed by atoms with Gasteiger partial charge in [0.2, 0.25) is 0 Å². The molecule has 5 heavy (non-hydrogen) atoms. The zero-order valence-electron chi connectivity index (χ0n) is 4.62. The van der Waals surface area contributed by atoms with Crippen LogP contribution < -0.4 is 0 Å². The van der Waals surface area contributed by atoms with E-state index >= 15 is 0 Å². The van der Waals surface area contributed by atoms with Crippen LogP contribution in [0, 0.1) is 0 Å². The summed E-state index contributed by atoms with van der Waals surface area (Å²) < 4.78 is 8.30. The van der Waals surface area contributed by atoms with Crippen LogP contribution >= 0.6 is 0 Å². The zero-order valence-corrected chi connectivity index (χ0v) is 12.8. The van der Waals surface area contributed by atoms with Gasteiger partial charge >= 0.3 is 74.6 Å². The van der Waals surface area contributed by atoms with Crippen molar-refractivity contribution >= 4 is 50.4 Å².